The summed E-state index contributed by atoms with van der Waals surface area (Å²) in [6.45, 7) is 6.24. The van der Waals surface area contributed by atoms with Crippen LogP contribution in [0.4, 0.5) is 30.4 Å². The molecule has 43 heavy (non-hydrogen) atoms. The molecule has 2 aromatic heterocycles. The first kappa shape index (κ1) is 30.7. The second-order valence-corrected chi connectivity index (χ2v) is 12.2. The first-order valence-corrected chi connectivity index (χ1v) is 15.3. The molecule has 1 saturated carbocycles. The van der Waals surface area contributed by atoms with Crippen molar-refractivity contribution in [2.24, 2.45) is 0 Å². The lowest BCUT2D eigenvalue weighted by atomic mass is 10.1. The minimum atomic E-state index is -4.25. The zero-order valence-corrected chi connectivity index (χ0v) is 25.2. The molecule has 1 fully saturated rings. The Morgan fingerprint density at radius 1 is 1.09 bits per heavy atom. The molecular formula is C33H36F3N5OS. The summed E-state index contributed by atoms with van der Waals surface area (Å²) < 4.78 is 39.2. The molecule has 2 aromatic carbocycles. The monoisotopic (exact) mass is 607 g/mol. The summed E-state index contributed by atoms with van der Waals surface area (Å²) in [6, 6.07) is 18.3. The van der Waals surface area contributed by atoms with Crippen LogP contribution in [0, 0.1) is 0 Å². The standard InChI is InChI=1S/C33H36F3N5OS/c1-4-27(42)16-22-7-6-8-25(15-22)38-23-11-9-21(10-12-23)20-37-24-13-14-26(17-24)41(3)31-29-18-28(19-33(34,35)36)43-32(29)40-30(5-2)39-31/h4,6-12,15,18,24,26,37-38H,1,5,13-14,16-17,19-20H2,2-3H3/t24-,26+/m0/s1. The molecule has 1 aliphatic rings. The Hall–Kier alpha value is -3.76. The van der Waals surface area contributed by atoms with Gasteiger partial charge in [-0.15, -0.1) is 11.3 Å². The molecule has 2 heterocycles. The highest BCUT2D eigenvalue weighted by Crippen LogP contribution is 2.36. The van der Waals surface area contributed by atoms with E-state index in [1.807, 2.05) is 50.4 Å². The average molecular weight is 608 g/mol. The number of aryl methyl sites for hydroxylation is 1. The molecule has 2 atom stereocenters. The van der Waals surface area contributed by atoms with Gasteiger partial charge < -0.3 is 15.5 Å². The number of benzene rings is 2. The molecule has 5 rings (SSSR count). The molecule has 0 spiro atoms. The summed E-state index contributed by atoms with van der Waals surface area (Å²) in [6.07, 6.45) is 0.00695. The Morgan fingerprint density at radius 2 is 1.88 bits per heavy atom. The van der Waals surface area contributed by atoms with E-state index in [9.17, 15) is 18.0 Å². The fraction of sp³-hybridized carbons (Fsp3) is 0.364. The topological polar surface area (TPSA) is 70.2 Å². The number of thiophene rings is 1. The second-order valence-electron chi connectivity index (χ2n) is 11.1. The van der Waals surface area contributed by atoms with Crippen molar-refractivity contribution in [3.8, 4) is 0 Å². The van der Waals surface area contributed by atoms with Crippen LogP contribution in [-0.4, -0.2) is 41.1 Å². The number of alkyl halides is 3. The Labute approximate surface area is 254 Å². The van der Waals surface area contributed by atoms with Crippen LogP contribution in [0.5, 0.6) is 0 Å². The summed E-state index contributed by atoms with van der Waals surface area (Å²) in [4.78, 5) is 24.0. The lowest BCUT2D eigenvalue weighted by Crippen LogP contribution is -2.33. The lowest BCUT2D eigenvalue weighted by Gasteiger charge is -2.27. The van der Waals surface area contributed by atoms with Gasteiger partial charge in [0.05, 0.1) is 11.8 Å². The largest absolute Gasteiger partial charge is 0.393 e. The van der Waals surface area contributed by atoms with Crippen LogP contribution in [0.1, 0.15) is 48.0 Å². The molecule has 2 N–H and O–H groups in total. The number of nitrogens with zero attached hydrogens (tertiary/aromatic N) is 3. The Bertz CT molecular complexity index is 1580. The maximum Gasteiger partial charge on any atom is 0.393 e. The molecule has 4 aromatic rings. The number of anilines is 3. The molecule has 0 radical (unpaired) electrons. The second kappa shape index (κ2) is 13.3. The van der Waals surface area contributed by atoms with Crippen molar-refractivity contribution < 1.29 is 18.0 Å². The number of carbonyl (C=O) groups excluding carboxylic acids is 1. The van der Waals surface area contributed by atoms with Crippen LogP contribution in [0.2, 0.25) is 0 Å². The Morgan fingerprint density at radius 3 is 2.60 bits per heavy atom. The highest BCUT2D eigenvalue weighted by molar-refractivity contribution is 7.18. The van der Waals surface area contributed by atoms with E-state index in [0.29, 0.717) is 34.9 Å². The van der Waals surface area contributed by atoms with Crippen LogP contribution in [0.15, 0.2) is 67.3 Å². The van der Waals surface area contributed by atoms with Gasteiger partial charge in [-0.2, -0.15) is 13.2 Å². The molecular weight excluding hydrogens is 571 g/mol. The van der Waals surface area contributed by atoms with Crippen LogP contribution in [0.25, 0.3) is 10.2 Å². The van der Waals surface area contributed by atoms with Crippen molar-refractivity contribution in [1.29, 1.82) is 0 Å². The van der Waals surface area contributed by atoms with Crippen molar-refractivity contribution >= 4 is 44.5 Å². The van der Waals surface area contributed by atoms with Gasteiger partial charge in [0.25, 0.3) is 0 Å². The summed E-state index contributed by atoms with van der Waals surface area (Å²) in [5, 5.41) is 7.78. The fourth-order valence-electron chi connectivity index (χ4n) is 5.55. The number of allylic oxidation sites excluding steroid dienone is 1. The van der Waals surface area contributed by atoms with E-state index in [1.54, 1.807) is 6.07 Å². The van der Waals surface area contributed by atoms with Gasteiger partial charge >= 0.3 is 6.18 Å². The molecule has 10 heteroatoms. The minimum Gasteiger partial charge on any atom is -0.356 e. The smallest absolute Gasteiger partial charge is 0.356 e. The van der Waals surface area contributed by atoms with E-state index >= 15 is 0 Å². The maximum atomic E-state index is 13.1. The summed E-state index contributed by atoms with van der Waals surface area (Å²) >= 11 is 1.11. The number of aromatic nitrogens is 2. The molecule has 0 amide bonds. The molecule has 0 aliphatic heterocycles. The number of nitrogens with one attached hydrogen (secondary N) is 2. The lowest BCUT2D eigenvalue weighted by molar-refractivity contribution is -0.126. The molecule has 6 nitrogen and oxygen atoms in total. The van der Waals surface area contributed by atoms with Gasteiger partial charge in [-0.1, -0.05) is 37.8 Å². The third kappa shape index (κ3) is 8.00. The fourth-order valence-corrected chi connectivity index (χ4v) is 6.62. The van der Waals surface area contributed by atoms with Crippen molar-refractivity contribution in [2.75, 3.05) is 17.3 Å². The van der Waals surface area contributed by atoms with E-state index < -0.39 is 12.6 Å². The first-order chi connectivity index (χ1) is 20.6. The third-order valence-corrected chi connectivity index (χ3v) is 8.85. The van der Waals surface area contributed by atoms with Gasteiger partial charge in [-0.25, -0.2) is 9.97 Å². The predicted octanol–water partition coefficient (Wildman–Crippen LogP) is 7.55. The van der Waals surface area contributed by atoms with Gasteiger partial charge in [0, 0.05) is 54.8 Å². The van der Waals surface area contributed by atoms with Gasteiger partial charge in [0.15, 0.2) is 5.78 Å². The van der Waals surface area contributed by atoms with Crippen molar-refractivity contribution in [1.82, 2.24) is 15.3 Å². The number of ketones is 1. The van der Waals surface area contributed by atoms with Crippen LogP contribution < -0.4 is 15.5 Å². The van der Waals surface area contributed by atoms with Crippen molar-refractivity contribution in [3.05, 3.63) is 89.1 Å². The van der Waals surface area contributed by atoms with E-state index in [0.717, 1.165) is 59.9 Å². The Kier molecular flexibility index (Phi) is 9.46. The van der Waals surface area contributed by atoms with Crippen LogP contribution >= 0.6 is 11.3 Å². The van der Waals surface area contributed by atoms with Crippen molar-refractivity contribution in [3.63, 3.8) is 0 Å². The van der Waals surface area contributed by atoms with Gasteiger partial charge in [0.2, 0.25) is 0 Å². The normalized spacial score (nSPS) is 16.9. The van der Waals surface area contributed by atoms with Gasteiger partial charge in [-0.05, 0) is 66.8 Å². The summed E-state index contributed by atoms with van der Waals surface area (Å²) in [7, 11) is 1.99. The van der Waals surface area contributed by atoms with Gasteiger partial charge in [0.1, 0.15) is 16.5 Å². The number of hydrogen-bond donors (Lipinski definition) is 2. The van der Waals surface area contributed by atoms with E-state index in [2.05, 4.69) is 39.2 Å². The van der Waals surface area contributed by atoms with E-state index in [1.165, 1.54) is 11.6 Å². The highest BCUT2D eigenvalue weighted by Gasteiger charge is 2.31. The van der Waals surface area contributed by atoms with Crippen molar-refractivity contribution in [2.45, 2.75) is 70.3 Å². The third-order valence-electron chi connectivity index (χ3n) is 7.82. The maximum absolute atomic E-state index is 13.1. The SMILES string of the molecule is C=CC(=O)Cc1cccc(Nc2ccc(CN[C@H]3CC[C@@H](N(C)c4nc(CC)nc5sc(CC(F)(F)F)cc45)C3)cc2)c1. The van der Waals surface area contributed by atoms with Crippen LogP contribution in [0.3, 0.4) is 0 Å². The van der Waals surface area contributed by atoms with Crippen LogP contribution in [-0.2, 0) is 30.6 Å². The summed E-state index contributed by atoms with van der Waals surface area (Å²) in [5.74, 6) is 1.36. The molecule has 0 saturated heterocycles. The first-order valence-electron chi connectivity index (χ1n) is 14.5. The number of halogens is 3. The molecule has 1 aliphatic carbocycles. The number of fused-ring (bicyclic) bond motifs is 1. The minimum absolute atomic E-state index is 0.00731. The van der Waals surface area contributed by atoms with E-state index in [-0.39, 0.29) is 16.7 Å². The average Bonchev–Trinajstić information content (AvgIpc) is 3.61. The molecule has 0 unspecified atom stereocenters. The predicted molar refractivity (Wildman–Crippen MR) is 168 cm³/mol. The highest BCUT2D eigenvalue weighted by atomic mass is 32.1. The number of carbonyl (C=O) groups is 1. The van der Waals surface area contributed by atoms with Gasteiger partial charge in [-0.3, -0.25) is 4.79 Å². The molecule has 0 bridgehead atoms. The number of rotatable bonds is 12. The Balaban J connectivity index is 1.17. The molecule has 226 valence electrons. The quantitative estimate of drug-likeness (QED) is 0.162. The summed E-state index contributed by atoms with van der Waals surface area (Å²) in [5.41, 5.74) is 4.00. The number of hydrogen-bond acceptors (Lipinski definition) is 7. The zero-order chi connectivity index (χ0) is 30.6. The zero-order valence-electron chi connectivity index (χ0n) is 24.4. The van der Waals surface area contributed by atoms with E-state index in [4.69, 9.17) is 4.98 Å².